The molecule has 7 heteroatoms. The third kappa shape index (κ3) is 5.43. The predicted octanol–water partition coefficient (Wildman–Crippen LogP) is 2.82. The summed E-state index contributed by atoms with van der Waals surface area (Å²) in [5, 5.41) is 7.77. The minimum atomic E-state index is 0.527. The number of benzene rings is 1. The van der Waals surface area contributed by atoms with Crippen LogP contribution in [-0.4, -0.2) is 61.0 Å². The maximum absolute atomic E-state index is 5.39. The van der Waals surface area contributed by atoms with Crippen molar-refractivity contribution in [3.05, 3.63) is 41.7 Å². The average Bonchev–Trinajstić information content (AvgIpc) is 3.39. The fraction of sp³-hybridized carbons (Fsp3) is 0.545. The van der Waals surface area contributed by atoms with E-state index < -0.39 is 0 Å². The molecular formula is C22H33N5O2. The SMILES string of the molecule is CCNC(=NCCCc1ccc(OC)c(OC)c1)N1CCC(c2cnn(C)c2)C1. The van der Waals surface area contributed by atoms with Gasteiger partial charge in [-0.25, -0.2) is 0 Å². The molecule has 2 aromatic rings. The summed E-state index contributed by atoms with van der Waals surface area (Å²) in [5.74, 6) is 3.09. The monoisotopic (exact) mass is 399 g/mol. The summed E-state index contributed by atoms with van der Waals surface area (Å²) < 4.78 is 12.6. The van der Waals surface area contributed by atoms with Crippen molar-refractivity contribution in [2.45, 2.75) is 32.1 Å². The molecule has 1 aliphatic heterocycles. The second-order valence-electron chi connectivity index (χ2n) is 7.41. The highest BCUT2D eigenvalue weighted by molar-refractivity contribution is 5.80. The Labute approximate surface area is 173 Å². The number of aliphatic imine (C=N–C) groups is 1. The fourth-order valence-electron chi connectivity index (χ4n) is 3.81. The van der Waals surface area contributed by atoms with Crippen LogP contribution in [0, 0.1) is 0 Å². The van der Waals surface area contributed by atoms with Crippen molar-refractivity contribution in [3.8, 4) is 11.5 Å². The molecule has 2 heterocycles. The van der Waals surface area contributed by atoms with E-state index in [0.717, 1.165) is 62.9 Å². The van der Waals surface area contributed by atoms with Gasteiger partial charge >= 0.3 is 0 Å². The van der Waals surface area contributed by atoms with Crippen LogP contribution in [0.3, 0.4) is 0 Å². The number of likely N-dealkylation sites (tertiary alicyclic amines) is 1. The maximum atomic E-state index is 5.39. The summed E-state index contributed by atoms with van der Waals surface area (Å²) >= 11 is 0. The summed E-state index contributed by atoms with van der Waals surface area (Å²) in [6.45, 7) is 5.81. The minimum absolute atomic E-state index is 0.527. The second-order valence-corrected chi connectivity index (χ2v) is 7.41. The molecule has 1 aliphatic rings. The maximum Gasteiger partial charge on any atom is 0.193 e. The Morgan fingerprint density at radius 3 is 2.79 bits per heavy atom. The first-order chi connectivity index (χ1) is 14.1. The van der Waals surface area contributed by atoms with Gasteiger partial charge in [-0.1, -0.05) is 6.07 Å². The molecule has 1 fully saturated rings. The van der Waals surface area contributed by atoms with Gasteiger partial charge in [0.25, 0.3) is 0 Å². The smallest absolute Gasteiger partial charge is 0.193 e. The van der Waals surface area contributed by atoms with Gasteiger partial charge in [0.05, 0.1) is 20.4 Å². The second kappa shape index (κ2) is 10.2. The van der Waals surface area contributed by atoms with Crippen LogP contribution in [0.15, 0.2) is 35.6 Å². The van der Waals surface area contributed by atoms with Crippen molar-refractivity contribution in [2.24, 2.45) is 12.0 Å². The van der Waals surface area contributed by atoms with E-state index in [1.807, 2.05) is 30.1 Å². The fourth-order valence-corrected chi connectivity index (χ4v) is 3.81. The Morgan fingerprint density at radius 1 is 1.28 bits per heavy atom. The number of rotatable bonds is 8. The zero-order valence-corrected chi connectivity index (χ0v) is 18.0. The molecule has 0 saturated carbocycles. The van der Waals surface area contributed by atoms with Gasteiger partial charge in [-0.05, 0) is 49.4 Å². The number of methoxy groups -OCH3 is 2. The van der Waals surface area contributed by atoms with E-state index in [1.165, 1.54) is 11.1 Å². The Bertz CT molecular complexity index is 817. The quantitative estimate of drug-likeness (QED) is 0.420. The number of nitrogens with zero attached hydrogens (tertiary/aromatic N) is 4. The molecule has 29 heavy (non-hydrogen) atoms. The summed E-state index contributed by atoms with van der Waals surface area (Å²) in [6.07, 6.45) is 7.20. The van der Waals surface area contributed by atoms with E-state index in [4.69, 9.17) is 14.5 Å². The first kappa shape index (κ1) is 21.0. The van der Waals surface area contributed by atoms with Crippen LogP contribution in [0.1, 0.15) is 36.8 Å². The van der Waals surface area contributed by atoms with Gasteiger partial charge in [0.1, 0.15) is 0 Å². The Morgan fingerprint density at radius 2 is 2.10 bits per heavy atom. The number of ether oxygens (including phenoxy) is 2. The predicted molar refractivity (Wildman–Crippen MR) is 116 cm³/mol. The largest absolute Gasteiger partial charge is 0.493 e. The number of guanidine groups is 1. The van der Waals surface area contributed by atoms with Gasteiger partial charge in [0.2, 0.25) is 0 Å². The molecule has 7 nitrogen and oxygen atoms in total. The van der Waals surface area contributed by atoms with E-state index in [-0.39, 0.29) is 0 Å². The number of hydrogen-bond donors (Lipinski definition) is 1. The minimum Gasteiger partial charge on any atom is -0.493 e. The molecule has 1 aromatic carbocycles. The topological polar surface area (TPSA) is 63.9 Å². The van der Waals surface area contributed by atoms with Crippen molar-refractivity contribution >= 4 is 5.96 Å². The standard InChI is InChI=1S/C22H33N5O2/c1-5-23-22(27-12-10-18(16-27)19-14-25-26(2)15-19)24-11-6-7-17-8-9-20(28-3)21(13-17)29-4/h8-9,13-15,18H,5-7,10-12,16H2,1-4H3,(H,23,24). The molecule has 1 saturated heterocycles. The molecule has 0 aliphatic carbocycles. The van der Waals surface area contributed by atoms with Crippen molar-refractivity contribution in [1.29, 1.82) is 0 Å². The van der Waals surface area contributed by atoms with Crippen LogP contribution < -0.4 is 14.8 Å². The Kier molecular flexibility index (Phi) is 7.38. The van der Waals surface area contributed by atoms with Gasteiger partial charge in [-0.15, -0.1) is 0 Å². The van der Waals surface area contributed by atoms with E-state index in [2.05, 4.69) is 34.5 Å². The normalized spacial score (nSPS) is 16.9. The van der Waals surface area contributed by atoms with E-state index in [0.29, 0.717) is 5.92 Å². The third-order valence-corrected chi connectivity index (χ3v) is 5.35. The van der Waals surface area contributed by atoms with E-state index in [1.54, 1.807) is 14.2 Å². The number of nitrogens with one attached hydrogen (secondary N) is 1. The molecule has 158 valence electrons. The lowest BCUT2D eigenvalue weighted by molar-refractivity contribution is 0.354. The first-order valence-corrected chi connectivity index (χ1v) is 10.4. The van der Waals surface area contributed by atoms with Crippen LogP contribution in [0.5, 0.6) is 11.5 Å². The number of aromatic nitrogens is 2. The van der Waals surface area contributed by atoms with Crippen molar-refractivity contribution in [1.82, 2.24) is 20.0 Å². The molecule has 0 amide bonds. The molecule has 0 radical (unpaired) electrons. The van der Waals surface area contributed by atoms with Crippen LogP contribution in [0.2, 0.25) is 0 Å². The molecule has 1 unspecified atom stereocenters. The first-order valence-electron chi connectivity index (χ1n) is 10.4. The van der Waals surface area contributed by atoms with Crippen LogP contribution in [-0.2, 0) is 13.5 Å². The summed E-state index contributed by atoms with van der Waals surface area (Å²) in [6, 6.07) is 6.10. The molecule has 1 atom stereocenters. The molecule has 3 rings (SSSR count). The van der Waals surface area contributed by atoms with Crippen LogP contribution in [0.4, 0.5) is 0 Å². The molecule has 1 N–H and O–H groups in total. The van der Waals surface area contributed by atoms with Gasteiger partial charge in [-0.3, -0.25) is 9.67 Å². The highest BCUT2D eigenvalue weighted by atomic mass is 16.5. The average molecular weight is 400 g/mol. The van der Waals surface area contributed by atoms with Gasteiger partial charge in [0, 0.05) is 45.3 Å². The van der Waals surface area contributed by atoms with Crippen molar-refractivity contribution in [2.75, 3.05) is 40.4 Å². The lowest BCUT2D eigenvalue weighted by atomic mass is 10.0. The van der Waals surface area contributed by atoms with E-state index >= 15 is 0 Å². The highest BCUT2D eigenvalue weighted by Gasteiger charge is 2.26. The van der Waals surface area contributed by atoms with Crippen molar-refractivity contribution < 1.29 is 9.47 Å². The highest BCUT2D eigenvalue weighted by Crippen LogP contribution is 2.28. The zero-order chi connectivity index (χ0) is 20.6. The lowest BCUT2D eigenvalue weighted by Gasteiger charge is -2.21. The Balaban J connectivity index is 1.54. The molecule has 0 bridgehead atoms. The summed E-state index contributed by atoms with van der Waals surface area (Å²) in [4.78, 5) is 7.25. The Hall–Kier alpha value is -2.70. The molecule has 1 aromatic heterocycles. The van der Waals surface area contributed by atoms with Crippen LogP contribution >= 0.6 is 0 Å². The number of hydrogen-bond acceptors (Lipinski definition) is 4. The van der Waals surface area contributed by atoms with Gasteiger partial charge in [0.15, 0.2) is 17.5 Å². The van der Waals surface area contributed by atoms with E-state index in [9.17, 15) is 0 Å². The number of aryl methyl sites for hydroxylation is 2. The third-order valence-electron chi connectivity index (χ3n) is 5.35. The zero-order valence-electron chi connectivity index (χ0n) is 18.0. The van der Waals surface area contributed by atoms with Gasteiger partial charge in [-0.2, -0.15) is 5.10 Å². The van der Waals surface area contributed by atoms with Crippen molar-refractivity contribution in [3.63, 3.8) is 0 Å². The molecular weight excluding hydrogens is 366 g/mol. The van der Waals surface area contributed by atoms with Crippen LogP contribution in [0.25, 0.3) is 0 Å². The van der Waals surface area contributed by atoms with Gasteiger partial charge < -0.3 is 19.7 Å². The lowest BCUT2D eigenvalue weighted by Crippen LogP contribution is -2.40. The summed E-state index contributed by atoms with van der Waals surface area (Å²) in [5.41, 5.74) is 2.56. The molecule has 0 spiro atoms. The summed E-state index contributed by atoms with van der Waals surface area (Å²) in [7, 11) is 5.30.